The summed E-state index contributed by atoms with van der Waals surface area (Å²) in [6.45, 7) is 10.3. The van der Waals surface area contributed by atoms with Crippen molar-refractivity contribution in [2.24, 2.45) is 10.9 Å². The van der Waals surface area contributed by atoms with E-state index in [1.807, 2.05) is 0 Å². The molecule has 0 aliphatic heterocycles. The smallest absolute Gasteiger partial charge is 0.191 e. The summed E-state index contributed by atoms with van der Waals surface area (Å²) in [4.78, 5) is 6.60. The van der Waals surface area contributed by atoms with Gasteiger partial charge in [0.05, 0.1) is 5.69 Å². The van der Waals surface area contributed by atoms with E-state index in [9.17, 15) is 0 Å². The Balaban J connectivity index is 2.61. The van der Waals surface area contributed by atoms with Crippen molar-refractivity contribution in [3.63, 3.8) is 0 Å². The molecular weight excluding hydrogens is 302 g/mol. The van der Waals surface area contributed by atoms with Crippen LogP contribution in [0, 0.1) is 5.92 Å². The molecule has 0 fully saturated rings. The normalized spacial score (nSPS) is 13.6. The molecule has 1 aromatic heterocycles. The van der Waals surface area contributed by atoms with Crippen LogP contribution < -0.4 is 10.6 Å². The maximum absolute atomic E-state index is 5.42. The zero-order chi connectivity index (χ0) is 18.1. The van der Waals surface area contributed by atoms with Crippen molar-refractivity contribution in [3.05, 3.63) is 17.0 Å². The van der Waals surface area contributed by atoms with Gasteiger partial charge in [-0.25, -0.2) is 0 Å². The number of aryl methyl sites for hydroxylation is 2. The Morgan fingerprint density at radius 1 is 1.21 bits per heavy atom. The zero-order valence-corrected chi connectivity index (χ0v) is 16.4. The first-order valence-corrected chi connectivity index (χ1v) is 9.00. The van der Waals surface area contributed by atoms with Crippen molar-refractivity contribution in [3.8, 4) is 0 Å². The molecule has 1 unspecified atom stereocenters. The molecule has 0 spiro atoms. The van der Waals surface area contributed by atoms with Crippen LogP contribution in [0.15, 0.2) is 9.52 Å². The van der Waals surface area contributed by atoms with Crippen molar-refractivity contribution in [1.29, 1.82) is 0 Å². The second-order valence-corrected chi connectivity index (χ2v) is 6.79. The molecule has 1 aromatic rings. The van der Waals surface area contributed by atoms with Crippen LogP contribution in [0.4, 0.5) is 0 Å². The Bertz CT molecular complexity index is 486. The molecular formula is C18H35N5O. The van der Waals surface area contributed by atoms with Crippen molar-refractivity contribution in [2.45, 2.75) is 59.5 Å². The third-order valence-corrected chi connectivity index (χ3v) is 4.24. The van der Waals surface area contributed by atoms with Crippen LogP contribution in [-0.4, -0.2) is 49.7 Å². The highest BCUT2D eigenvalue weighted by Gasteiger charge is 2.16. The fourth-order valence-electron chi connectivity index (χ4n) is 2.77. The van der Waals surface area contributed by atoms with Crippen LogP contribution in [0.3, 0.4) is 0 Å². The van der Waals surface area contributed by atoms with E-state index in [0.717, 1.165) is 48.8 Å². The summed E-state index contributed by atoms with van der Waals surface area (Å²) in [6.07, 6.45) is 2.89. The molecule has 2 N–H and O–H groups in total. The van der Waals surface area contributed by atoms with E-state index in [2.05, 4.69) is 67.5 Å². The maximum atomic E-state index is 5.42. The molecule has 0 aliphatic rings. The summed E-state index contributed by atoms with van der Waals surface area (Å²) >= 11 is 0. The molecule has 0 aliphatic carbocycles. The first-order chi connectivity index (χ1) is 11.4. The van der Waals surface area contributed by atoms with Crippen LogP contribution in [0.1, 0.15) is 51.1 Å². The minimum absolute atomic E-state index is 0.483. The number of nitrogens with one attached hydrogen (secondary N) is 2. The number of aliphatic imine (C=N–C) groups is 1. The largest absolute Gasteiger partial charge is 0.361 e. The highest BCUT2D eigenvalue weighted by atomic mass is 16.5. The van der Waals surface area contributed by atoms with Crippen molar-refractivity contribution in [2.75, 3.05) is 27.7 Å². The Hall–Kier alpha value is -1.56. The van der Waals surface area contributed by atoms with Gasteiger partial charge in [0.2, 0.25) is 0 Å². The number of aromatic nitrogens is 1. The van der Waals surface area contributed by atoms with Gasteiger partial charge in [0, 0.05) is 38.2 Å². The fourth-order valence-corrected chi connectivity index (χ4v) is 2.77. The summed E-state index contributed by atoms with van der Waals surface area (Å²) in [5, 5.41) is 11.0. The fraction of sp³-hybridized carbons (Fsp3) is 0.778. The van der Waals surface area contributed by atoms with Gasteiger partial charge in [-0.3, -0.25) is 4.99 Å². The van der Waals surface area contributed by atoms with E-state index in [1.165, 1.54) is 0 Å². The van der Waals surface area contributed by atoms with Gasteiger partial charge in [-0.1, -0.05) is 32.9 Å². The third kappa shape index (κ3) is 6.15. The second kappa shape index (κ2) is 10.3. The van der Waals surface area contributed by atoms with E-state index in [0.29, 0.717) is 18.5 Å². The van der Waals surface area contributed by atoms with E-state index in [1.54, 1.807) is 7.05 Å². The quantitative estimate of drug-likeness (QED) is 0.535. The molecule has 6 nitrogen and oxygen atoms in total. The van der Waals surface area contributed by atoms with Gasteiger partial charge in [-0.2, -0.15) is 0 Å². The van der Waals surface area contributed by atoms with Crippen LogP contribution >= 0.6 is 0 Å². The summed E-state index contributed by atoms with van der Waals surface area (Å²) in [6, 6.07) is 0.483. The number of hydrogen-bond acceptors (Lipinski definition) is 4. The van der Waals surface area contributed by atoms with Crippen molar-refractivity contribution in [1.82, 2.24) is 20.7 Å². The van der Waals surface area contributed by atoms with Gasteiger partial charge < -0.3 is 20.1 Å². The van der Waals surface area contributed by atoms with Gasteiger partial charge in [-0.05, 0) is 32.9 Å². The average Bonchev–Trinajstić information content (AvgIpc) is 2.95. The topological polar surface area (TPSA) is 65.7 Å². The van der Waals surface area contributed by atoms with Crippen LogP contribution in [0.2, 0.25) is 0 Å². The molecule has 0 radical (unpaired) electrons. The van der Waals surface area contributed by atoms with Gasteiger partial charge in [-0.15, -0.1) is 0 Å². The molecule has 1 rings (SSSR count). The van der Waals surface area contributed by atoms with Crippen LogP contribution in [0.25, 0.3) is 0 Å². The van der Waals surface area contributed by atoms with E-state index < -0.39 is 0 Å². The zero-order valence-electron chi connectivity index (χ0n) is 16.4. The Morgan fingerprint density at radius 2 is 1.92 bits per heavy atom. The first-order valence-electron chi connectivity index (χ1n) is 9.00. The Labute approximate surface area is 147 Å². The van der Waals surface area contributed by atoms with E-state index in [4.69, 9.17) is 4.52 Å². The SMILES string of the molecule is CCc1noc(CC)c1CNC(=NC)NCC(CC(C)C)N(C)C. The molecule has 0 aromatic carbocycles. The molecule has 1 atom stereocenters. The standard InChI is InChI=1S/C18H35N5O/c1-8-16-15(17(9-2)24-22-16)12-21-18(19-5)20-11-14(23(6)7)10-13(3)4/h13-14H,8-12H2,1-7H3,(H2,19,20,21). The third-order valence-electron chi connectivity index (χ3n) is 4.24. The van der Waals surface area contributed by atoms with Crippen molar-refractivity contribution >= 4 is 5.96 Å². The van der Waals surface area contributed by atoms with Gasteiger partial charge in [0.1, 0.15) is 5.76 Å². The molecule has 24 heavy (non-hydrogen) atoms. The predicted octanol–water partition coefficient (Wildman–Crippen LogP) is 2.44. The minimum Gasteiger partial charge on any atom is -0.361 e. The highest BCUT2D eigenvalue weighted by molar-refractivity contribution is 5.79. The monoisotopic (exact) mass is 337 g/mol. The molecule has 0 amide bonds. The lowest BCUT2D eigenvalue weighted by atomic mass is 10.0. The van der Waals surface area contributed by atoms with Gasteiger partial charge in [0.25, 0.3) is 0 Å². The van der Waals surface area contributed by atoms with Crippen molar-refractivity contribution < 1.29 is 4.52 Å². The van der Waals surface area contributed by atoms with Crippen LogP contribution in [-0.2, 0) is 19.4 Å². The van der Waals surface area contributed by atoms with Gasteiger partial charge >= 0.3 is 0 Å². The predicted molar refractivity (Wildman–Crippen MR) is 100 cm³/mol. The van der Waals surface area contributed by atoms with E-state index >= 15 is 0 Å². The average molecular weight is 338 g/mol. The summed E-state index contributed by atoms with van der Waals surface area (Å²) in [5.74, 6) is 2.45. The Kier molecular flexibility index (Phi) is 8.82. The maximum Gasteiger partial charge on any atom is 0.191 e. The van der Waals surface area contributed by atoms with Gasteiger partial charge in [0.15, 0.2) is 5.96 Å². The molecule has 138 valence electrons. The highest BCUT2D eigenvalue weighted by Crippen LogP contribution is 2.15. The first kappa shape index (κ1) is 20.5. The summed E-state index contributed by atoms with van der Waals surface area (Å²) in [5.41, 5.74) is 2.19. The Morgan fingerprint density at radius 3 is 2.42 bits per heavy atom. The second-order valence-electron chi connectivity index (χ2n) is 6.79. The molecule has 0 saturated heterocycles. The number of rotatable bonds is 9. The number of likely N-dealkylation sites (N-methyl/N-ethyl adjacent to an activating group) is 1. The van der Waals surface area contributed by atoms with Crippen LogP contribution in [0.5, 0.6) is 0 Å². The molecule has 1 heterocycles. The molecule has 0 bridgehead atoms. The molecule has 0 saturated carbocycles. The lowest BCUT2D eigenvalue weighted by molar-refractivity contribution is 0.254. The lowest BCUT2D eigenvalue weighted by Gasteiger charge is -2.27. The molecule has 6 heteroatoms. The number of hydrogen-bond donors (Lipinski definition) is 2. The van der Waals surface area contributed by atoms with E-state index in [-0.39, 0.29) is 0 Å². The summed E-state index contributed by atoms with van der Waals surface area (Å²) in [7, 11) is 6.06. The minimum atomic E-state index is 0.483. The summed E-state index contributed by atoms with van der Waals surface area (Å²) < 4.78 is 5.42. The lowest BCUT2D eigenvalue weighted by Crippen LogP contribution is -2.45. The number of nitrogens with zero attached hydrogens (tertiary/aromatic N) is 3. The number of guanidine groups is 1.